The van der Waals surface area contributed by atoms with Gasteiger partial charge >= 0.3 is 0 Å². The molecular formula is C36H26. The average molecular weight is 459 g/mol. The highest BCUT2D eigenvalue weighted by atomic mass is 14.6. The SMILES string of the molecule is c1ccc2c(c1)-c1ccccc1[C@H]1[C@H](c3ccc4ccccc4c3)[C@@H](c3ccc4ccccc4c3)[C@@H]21. The normalized spacial score (nSPS) is 21.9. The predicted octanol–water partition coefficient (Wildman–Crippen LogP) is 9.42. The molecule has 0 heterocycles. The van der Waals surface area contributed by atoms with Crippen LogP contribution in [0.3, 0.4) is 0 Å². The zero-order chi connectivity index (χ0) is 23.6. The minimum atomic E-state index is 0.440. The third-order valence-electron chi connectivity index (χ3n) is 8.79. The maximum atomic E-state index is 2.45. The van der Waals surface area contributed by atoms with Crippen molar-refractivity contribution in [3.05, 3.63) is 156 Å². The van der Waals surface area contributed by atoms with Crippen LogP contribution in [0, 0.1) is 0 Å². The van der Waals surface area contributed by atoms with Crippen LogP contribution in [-0.4, -0.2) is 0 Å². The fourth-order valence-corrected chi connectivity index (χ4v) is 7.25. The second kappa shape index (κ2) is 7.67. The van der Waals surface area contributed by atoms with Crippen molar-refractivity contribution in [3.63, 3.8) is 0 Å². The van der Waals surface area contributed by atoms with Crippen LogP contribution in [0.2, 0.25) is 0 Å². The summed E-state index contributed by atoms with van der Waals surface area (Å²) in [4.78, 5) is 0. The zero-order valence-corrected chi connectivity index (χ0v) is 20.0. The Bertz CT molecular complexity index is 1640. The molecule has 0 unspecified atom stereocenters. The third-order valence-corrected chi connectivity index (χ3v) is 8.79. The summed E-state index contributed by atoms with van der Waals surface area (Å²) in [7, 11) is 0. The van der Waals surface area contributed by atoms with E-state index in [4.69, 9.17) is 0 Å². The summed E-state index contributed by atoms with van der Waals surface area (Å²) < 4.78 is 0. The lowest BCUT2D eigenvalue weighted by Gasteiger charge is -2.56. The first-order valence-electron chi connectivity index (χ1n) is 13.0. The molecule has 8 rings (SSSR count). The van der Waals surface area contributed by atoms with E-state index in [9.17, 15) is 0 Å². The molecule has 0 radical (unpaired) electrons. The van der Waals surface area contributed by atoms with Gasteiger partial charge in [0.05, 0.1) is 0 Å². The summed E-state index contributed by atoms with van der Waals surface area (Å²) in [6.07, 6.45) is 0. The summed E-state index contributed by atoms with van der Waals surface area (Å²) in [6, 6.07) is 50.1. The Kier molecular flexibility index (Phi) is 4.28. The molecule has 2 aliphatic carbocycles. The van der Waals surface area contributed by atoms with Gasteiger partial charge in [0.25, 0.3) is 0 Å². The third kappa shape index (κ3) is 2.82. The molecule has 36 heavy (non-hydrogen) atoms. The molecule has 0 N–H and O–H groups in total. The predicted molar refractivity (Wildman–Crippen MR) is 151 cm³/mol. The Morgan fingerprint density at radius 2 is 0.694 bits per heavy atom. The van der Waals surface area contributed by atoms with Crippen molar-refractivity contribution in [2.24, 2.45) is 0 Å². The molecule has 0 aromatic heterocycles. The summed E-state index contributed by atoms with van der Waals surface area (Å²) in [6.45, 7) is 0. The first-order valence-corrected chi connectivity index (χ1v) is 13.0. The van der Waals surface area contributed by atoms with E-state index in [0.29, 0.717) is 23.7 Å². The molecule has 1 fully saturated rings. The first kappa shape index (κ1) is 20.1. The topological polar surface area (TPSA) is 0 Å². The monoisotopic (exact) mass is 458 g/mol. The van der Waals surface area contributed by atoms with Crippen LogP contribution < -0.4 is 0 Å². The number of benzene rings is 6. The number of rotatable bonds is 2. The molecule has 170 valence electrons. The zero-order valence-electron chi connectivity index (χ0n) is 20.0. The molecule has 0 saturated heterocycles. The van der Waals surface area contributed by atoms with Crippen LogP contribution in [0.5, 0.6) is 0 Å². The Hall–Kier alpha value is -4.16. The number of fused-ring (bicyclic) bond motifs is 8. The molecule has 0 nitrogen and oxygen atoms in total. The molecule has 4 atom stereocenters. The number of hydrogen-bond donors (Lipinski definition) is 0. The minimum Gasteiger partial charge on any atom is -0.0619 e. The summed E-state index contributed by atoms with van der Waals surface area (Å²) in [5.74, 6) is 1.84. The van der Waals surface area contributed by atoms with Gasteiger partial charge in [-0.2, -0.15) is 0 Å². The number of hydrogen-bond acceptors (Lipinski definition) is 0. The van der Waals surface area contributed by atoms with Gasteiger partial charge in [0.2, 0.25) is 0 Å². The van der Waals surface area contributed by atoms with Crippen molar-refractivity contribution >= 4 is 21.5 Å². The minimum absolute atomic E-state index is 0.440. The van der Waals surface area contributed by atoms with Gasteiger partial charge in [0, 0.05) is 0 Å². The van der Waals surface area contributed by atoms with Crippen LogP contribution in [0.1, 0.15) is 45.9 Å². The maximum absolute atomic E-state index is 2.45. The van der Waals surface area contributed by atoms with Crippen LogP contribution in [0.15, 0.2) is 133 Å². The highest BCUT2D eigenvalue weighted by molar-refractivity contribution is 5.85. The molecule has 0 amide bonds. The summed E-state index contributed by atoms with van der Waals surface area (Å²) >= 11 is 0. The van der Waals surface area contributed by atoms with E-state index in [0.717, 1.165) is 0 Å². The van der Waals surface area contributed by atoms with Crippen molar-refractivity contribution in [2.75, 3.05) is 0 Å². The van der Waals surface area contributed by atoms with Crippen LogP contribution in [-0.2, 0) is 0 Å². The average Bonchev–Trinajstić information content (AvgIpc) is 2.93. The van der Waals surface area contributed by atoms with E-state index in [-0.39, 0.29) is 0 Å². The quantitative estimate of drug-likeness (QED) is 0.242. The van der Waals surface area contributed by atoms with Crippen LogP contribution in [0.4, 0.5) is 0 Å². The maximum Gasteiger partial charge on any atom is -0.000567 e. The van der Waals surface area contributed by atoms with E-state index in [1.165, 1.54) is 54.9 Å². The molecule has 6 aromatic carbocycles. The van der Waals surface area contributed by atoms with Crippen molar-refractivity contribution in [1.82, 2.24) is 0 Å². The fourth-order valence-electron chi connectivity index (χ4n) is 7.25. The van der Waals surface area contributed by atoms with Gasteiger partial charge in [-0.25, -0.2) is 0 Å². The largest absolute Gasteiger partial charge is 0.0619 e. The summed E-state index contributed by atoms with van der Waals surface area (Å²) in [5.41, 5.74) is 8.77. The van der Waals surface area contributed by atoms with Crippen LogP contribution >= 0.6 is 0 Å². The van der Waals surface area contributed by atoms with Crippen molar-refractivity contribution < 1.29 is 0 Å². The van der Waals surface area contributed by atoms with Crippen molar-refractivity contribution in [3.8, 4) is 11.1 Å². The lowest BCUT2D eigenvalue weighted by Crippen LogP contribution is -2.42. The van der Waals surface area contributed by atoms with Gasteiger partial charge in [-0.1, -0.05) is 133 Å². The second-order valence-electron chi connectivity index (χ2n) is 10.5. The molecule has 0 spiro atoms. The second-order valence-corrected chi connectivity index (χ2v) is 10.5. The molecule has 0 aliphatic heterocycles. The van der Waals surface area contributed by atoms with Gasteiger partial charge in [-0.05, 0) is 78.6 Å². The molecule has 0 bridgehead atoms. The molecule has 1 saturated carbocycles. The van der Waals surface area contributed by atoms with Gasteiger partial charge in [0.1, 0.15) is 0 Å². The lowest BCUT2D eigenvalue weighted by atomic mass is 9.46. The van der Waals surface area contributed by atoms with Gasteiger partial charge in [0.15, 0.2) is 0 Å². The highest BCUT2D eigenvalue weighted by Crippen LogP contribution is 2.70. The Balaban J connectivity index is 1.37. The molecule has 2 aliphatic rings. The van der Waals surface area contributed by atoms with E-state index >= 15 is 0 Å². The Morgan fingerprint density at radius 3 is 1.17 bits per heavy atom. The first-order chi connectivity index (χ1) is 17.9. The van der Waals surface area contributed by atoms with Crippen molar-refractivity contribution in [2.45, 2.75) is 23.7 Å². The van der Waals surface area contributed by atoms with E-state index in [1.54, 1.807) is 0 Å². The standard InChI is InChI=1S/C36H26/c1-3-11-25-21-27(19-17-23(25)9-1)33-34(28-20-18-24-10-2-4-12-26(24)22-28)36-32-16-8-6-14-30(32)29-13-5-7-15-31(29)35(33)36/h1-22,33-36H/t33-,34-,35-,36+/m1/s1. The van der Waals surface area contributed by atoms with Gasteiger partial charge < -0.3 is 0 Å². The van der Waals surface area contributed by atoms with Crippen molar-refractivity contribution in [1.29, 1.82) is 0 Å². The Labute approximate surface area is 211 Å². The van der Waals surface area contributed by atoms with E-state index in [2.05, 4.69) is 133 Å². The highest BCUT2D eigenvalue weighted by Gasteiger charge is 2.55. The smallest absolute Gasteiger partial charge is 0.000567 e. The summed E-state index contributed by atoms with van der Waals surface area (Å²) in [5, 5.41) is 5.29. The fraction of sp³-hybridized carbons (Fsp3) is 0.111. The molecule has 0 heteroatoms. The van der Waals surface area contributed by atoms with E-state index < -0.39 is 0 Å². The molecular weight excluding hydrogens is 432 g/mol. The Morgan fingerprint density at radius 1 is 0.306 bits per heavy atom. The van der Waals surface area contributed by atoms with Gasteiger partial charge in [-0.15, -0.1) is 0 Å². The molecule has 6 aromatic rings. The van der Waals surface area contributed by atoms with E-state index in [1.807, 2.05) is 0 Å². The van der Waals surface area contributed by atoms with Crippen LogP contribution in [0.25, 0.3) is 32.7 Å². The van der Waals surface area contributed by atoms with Gasteiger partial charge in [-0.3, -0.25) is 0 Å². The lowest BCUT2D eigenvalue weighted by molar-refractivity contribution is 0.227.